The van der Waals surface area contributed by atoms with Gasteiger partial charge in [-0.2, -0.15) is 0 Å². The predicted molar refractivity (Wildman–Crippen MR) is 137 cm³/mol. The lowest BCUT2D eigenvalue weighted by Gasteiger charge is -2.31. The molecule has 1 N–H and O–H groups in total. The number of carbonyl (C=O) groups is 2. The van der Waals surface area contributed by atoms with Crippen LogP contribution in [0, 0.1) is 6.92 Å². The molecule has 0 aliphatic carbocycles. The van der Waals surface area contributed by atoms with Gasteiger partial charge in [0.05, 0.1) is 11.9 Å². The highest BCUT2D eigenvalue weighted by Gasteiger charge is 2.28. The summed E-state index contributed by atoms with van der Waals surface area (Å²) >= 11 is 5.93. The van der Waals surface area contributed by atoms with Gasteiger partial charge in [0.15, 0.2) is 0 Å². The van der Waals surface area contributed by atoms with Crippen LogP contribution in [0.5, 0.6) is 0 Å². The molecule has 0 radical (unpaired) electrons. The number of halogens is 1. The van der Waals surface area contributed by atoms with Gasteiger partial charge in [-0.3, -0.25) is 13.9 Å². The van der Waals surface area contributed by atoms with Crippen LogP contribution < -0.4 is 9.62 Å². The molecule has 2 aromatic carbocycles. The topological polar surface area (TPSA) is 86.8 Å². The lowest BCUT2D eigenvalue weighted by atomic mass is 10.1. The summed E-state index contributed by atoms with van der Waals surface area (Å²) in [4.78, 5) is 27.6. The van der Waals surface area contributed by atoms with Crippen LogP contribution in [0.15, 0.2) is 48.5 Å². The maximum Gasteiger partial charge on any atom is 0.242 e. The van der Waals surface area contributed by atoms with E-state index >= 15 is 0 Å². The SMILES string of the molecule is CCNC(=O)[C@@H](CC)N(Cc1ccc(C)cc1)C(=O)CCCN(c1ccc(Cl)cc1)S(C)(=O)=O. The van der Waals surface area contributed by atoms with Crippen molar-refractivity contribution in [2.75, 3.05) is 23.7 Å². The number of hydrogen-bond donors (Lipinski definition) is 1. The Kier molecular flexibility index (Phi) is 10.4. The predicted octanol–water partition coefficient (Wildman–Crippen LogP) is 4.14. The van der Waals surface area contributed by atoms with E-state index in [-0.39, 0.29) is 24.8 Å². The third-order valence-electron chi connectivity index (χ3n) is 5.48. The van der Waals surface area contributed by atoms with Crippen LogP contribution in [0.3, 0.4) is 0 Å². The summed E-state index contributed by atoms with van der Waals surface area (Å²) < 4.78 is 26.0. The summed E-state index contributed by atoms with van der Waals surface area (Å²) in [6.45, 7) is 6.63. The molecule has 0 spiro atoms. The Hall–Kier alpha value is -2.58. The van der Waals surface area contributed by atoms with Gasteiger partial charge in [0, 0.05) is 31.1 Å². The largest absolute Gasteiger partial charge is 0.355 e. The lowest BCUT2D eigenvalue weighted by molar-refractivity contribution is -0.141. The molecule has 0 bridgehead atoms. The molecular formula is C25H34ClN3O4S. The first-order valence-electron chi connectivity index (χ1n) is 11.4. The van der Waals surface area contributed by atoms with Crippen molar-refractivity contribution >= 4 is 39.1 Å². The summed E-state index contributed by atoms with van der Waals surface area (Å²) in [7, 11) is -3.54. The second-order valence-electron chi connectivity index (χ2n) is 8.24. The fraction of sp³-hybridized carbons (Fsp3) is 0.440. The molecule has 0 aliphatic rings. The maximum absolute atomic E-state index is 13.3. The molecule has 2 amide bonds. The second-order valence-corrected chi connectivity index (χ2v) is 10.6. The van der Waals surface area contributed by atoms with E-state index in [9.17, 15) is 18.0 Å². The summed E-state index contributed by atoms with van der Waals surface area (Å²) in [5.74, 6) is -0.382. The highest BCUT2D eigenvalue weighted by molar-refractivity contribution is 7.92. The zero-order chi connectivity index (χ0) is 25.3. The van der Waals surface area contributed by atoms with Crippen molar-refractivity contribution in [2.45, 2.75) is 52.6 Å². The number of amides is 2. The molecule has 0 unspecified atom stereocenters. The number of rotatable bonds is 12. The van der Waals surface area contributed by atoms with Crippen LogP contribution in [0.25, 0.3) is 0 Å². The fourth-order valence-electron chi connectivity index (χ4n) is 3.71. The first-order valence-corrected chi connectivity index (χ1v) is 13.7. The van der Waals surface area contributed by atoms with Crippen molar-refractivity contribution in [1.82, 2.24) is 10.2 Å². The molecule has 186 valence electrons. The van der Waals surface area contributed by atoms with Crippen molar-refractivity contribution in [2.24, 2.45) is 0 Å². The molecule has 2 aromatic rings. The van der Waals surface area contributed by atoms with Crippen LogP contribution >= 0.6 is 11.6 Å². The van der Waals surface area contributed by atoms with Crippen LogP contribution in [0.1, 0.15) is 44.2 Å². The van der Waals surface area contributed by atoms with Gasteiger partial charge >= 0.3 is 0 Å². The Bertz CT molecular complexity index is 1060. The molecule has 34 heavy (non-hydrogen) atoms. The van der Waals surface area contributed by atoms with E-state index in [4.69, 9.17) is 11.6 Å². The lowest BCUT2D eigenvalue weighted by Crippen LogP contribution is -2.49. The molecular weight excluding hydrogens is 474 g/mol. The number of sulfonamides is 1. The highest BCUT2D eigenvalue weighted by Crippen LogP contribution is 2.22. The average molecular weight is 508 g/mol. The van der Waals surface area contributed by atoms with E-state index in [2.05, 4.69) is 5.32 Å². The first kappa shape index (κ1) is 27.7. The van der Waals surface area contributed by atoms with E-state index in [0.29, 0.717) is 36.6 Å². The number of benzene rings is 2. The molecule has 9 heteroatoms. The van der Waals surface area contributed by atoms with E-state index < -0.39 is 16.1 Å². The third-order valence-corrected chi connectivity index (χ3v) is 6.92. The van der Waals surface area contributed by atoms with Gasteiger partial charge in [-0.25, -0.2) is 8.42 Å². The van der Waals surface area contributed by atoms with Gasteiger partial charge in [-0.05, 0) is 56.5 Å². The van der Waals surface area contributed by atoms with Gasteiger partial charge in [0.1, 0.15) is 6.04 Å². The standard InChI is InChI=1S/C25H34ClN3O4S/c1-5-23(25(31)27-6-2)28(18-20-11-9-19(3)10-12-20)24(30)8-7-17-29(34(4,32)33)22-15-13-21(26)14-16-22/h9-16,23H,5-8,17-18H2,1-4H3,(H,27,31)/t23-/m1/s1. The Balaban J connectivity index is 2.18. The number of carbonyl (C=O) groups excluding carboxylic acids is 2. The number of anilines is 1. The monoisotopic (exact) mass is 507 g/mol. The average Bonchev–Trinajstić information content (AvgIpc) is 2.78. The van der Waals surface area contributed by atoms with Crippen molar-refractivity contribution in [3.63, 3.8) is 0 Å². The second kappa shape index (κ2) is 12.8. The normalized spacial score (nSPS) is 12.1. The summed E-state index contributed by atoms with van der Waals surface area (Å²) in [5, 5.41) is 3.33. The minimum Gasteiger partial charge on any atom is -0.355 e. The van der Waals surface area contributed by atoms with E-state index in [1.807, 2.05) is 45.0 Å². The Morgan fingerprint density at radius 2 is 1.65 bits per heavy atom. The van der Waals surface area contributed by atoms with E-state index in [1.54, 1.807) is 29.2 Å². The summed E-state index contributed by atoms with van der Waals surface area (Å²) in [6, 6.07) is 13.8. The maximum atomic E-state index is 13.3. The summed E-state index contributed by atoms with van der Waals surface area (Å²) in [6.07, 6.45) is 2.03. The molecule has 0 aromatic heterocycles. The summed E-state index contributed by atoms with van der Waals surface area (Å²) in [5.41, 5.74) is 2.53. The van der Waals surface area contributed by atoms with Crippen LogP contribution in [0.2, 0.25) is 5.02 Å². The number of nitrogens with one attached hydrogen (secondary N) is 1. The van der Waals surface area contributed by atoms with E-state index in [1.165, 1.54) is 4.31 Å². The molecule has 0 saturated heterocycles. The van der Waals surface area contributed by atoms with Crippen molar-refractivity contribution in [3.8, 4) is 0 Å². The number of nitrogens with zero attached hydrogens (tertiary/aromatic N) is 2. The first-order chi connectivity index (χ1) is 16.1. The zero-order valence-corrected chi connectivity index (χ0v) is 21.8. The molecule has 0 fully saturated rings. The molecule has 7 nitrogen and oxygen atoms in total. The van der Waals surface area contributed by atoms with Crippen molar-refractivity contribution in [3.05, 3.63) is 64.7 Å². The van der Waals surface area contributed by atoms with Gasteiger partial charge in [-0.15, -0.1) is 0 Å². The van der Waals surface area contributed by atoms with Crippen LogP contribution in [0.4, 0.5) is 5.69 Å². The molecule has 0 aliphatic heterocycles. The molecule has 1 atom stereocenters. The zero-order valence-electron chi connectivity index (χ0n) is 20.3. The van der Waals surface area contributed by atoms with Gasteiger partial charge < -0.3 is 10.2 Å². The Morgan fingerprint density at radius 1 is 1.03 bits per heavy atom. The van der Waals surface area contributed by atoms with Crippen LogP contribution in [-0.2, 0) is 26.2 Å². The van der Waals surface area contributed by atoms with Gasteiger partial charge in [-0.1, -0.05) is 48.4 Å². The quantitative estimate of drug-likeness (QED) is 0.467. The minimum absolute atomic E-state index is 0.112. The van der Waals surface area contributed by atoms with Crippen LogP contribution in [-0.4, -0.2) is 50.5 Å². The number of likely N-dealkylation sites (N-methyl/N-ethyl adjacent to an activating group) is 1. The fourth-order valence-corrected chi connectivity index (χ4v) is 4.80. The number of hydrogen-bond acceptors (Lipinski definition) is 4. The van der Waals surface area contributed by atoms with Gasteiger partial charge in [0.2, 0.25) is 21.8 Å². The third kappa shape index (κ3) is 8.02. The Labute approximate surface area is 208 Å². The van der Waals surface area contributed by atoms with Gasteiger partial charge in [0.25, 0.3) is 0 Å². The smallest absolute Gasteiger partial charge is 0.242 e. The Morgan fingerprint density at radius 3 is 2.18 bits per heavy atom. The molecule has 0 saturated carbocycles. The van der Waals surface area contributed by atoms with Crippen molar-refractivity contribution < 1.29 is 18.0 Å². The minimum atomic E-state index is -3.54. The highest BCUT2D eigenvalue weighted by atomic mass is 35.5. The molecule has 2 rings (SSSR count). The van der Waals surface area contributed by atoms with Crippen molar-refractivity contribution in [1.29, 1.82) is 0 Å². The van der Waals surface area contributed by atoms with E-state index in [0.717, 1.165) is 17.4 Å². The number of aryl methyl sites for hydroxylation is 1. The molecule has 0 heterocycles.